The van der Waals surface area contributed by atoms with Crippen LogP contribution in [0.2, 0.25) is 0 Å². The third-order valence-corrected chi connectivity index (χ3v) is 6.33. The van der Waals surface area contributed by atoms with Gasteiger partial charge in [-0.25, -0.2) is 4.98 Å². The first-order valence-corrected chi connectivity index (χ1v) is 10.8. The number of benzene rings is 1. The molecule has 30 heavy (non-hydrogen) atoms. The molecule has 2 heterocycles. The molecule has 3 aromatic rings. The van der Waals surface area contributed by atoms with Gasteiger partial charge in [0.15, 0.2) is 5.13 Å². The monoisotopic (exact) mass is 431 g/mol. The molecule has 1 amide bonds. The quantitative estimate of drug-likeness (QED) is 0.517. The van der Waals surface area contributed by atoms with Crippen molar-refractivity contribution in [2.75, 3.05) is 45.3 Å². The van der Waals surface area contributed by atoms with Crippen LogP contribution >= 0.6 is 11.3 Å². The van der Waals surface area contributed by atoms with E-state index in [1.807, 2.05) is 19.1 Å². The molecular weight excluding hydrogens is 402 g/mol. The lowest BCUT2D eigenvalue weighted by atomic mass is 10.2. The Labute approximate surface area is 181 Å². The van der Waals surface area contributed by atoms with Gasteiger partial charge in [-0.15, -0.1) is 0 Å². The summed E-state index contributed by atoms with van der Waals surface area (Å²) in [5.74, 6) is 1.25. The minimum atomic E-state index is -0.114. The number of ether oxygens (including phenoxy) is 2. The summed E-state index contributed by atoms with van der Waals surface area (Å²) < 4.78 is 13.5. The topological polar surface area (TPSA) is 72.7 Å². The molecule has 9 heteroatoms. The molecule has 1 aromatic carbocycles. The normalized spacial score (nSPS) is 11.3. The molecule has 0 fully saturated rings. The van der Waals surface area contributed by atoms with Crippen LogP contribution in [0.1, 0.15) is 29.9 Å². The number of carbonyl (C=O) groups is 1. The zero-order valence-electron chi connectivity index (χ0n) is 18.4. The van der Waals surface area contributed by atoms with Crippen molar-refractivity contribution in [1.82, 2.24) is 19.7 Å². The van der Waals surface area contributed by atoms with Gasteiger partial charge in [-0.1, -0.05) is 25.2 Å². The summed E-state index contributed by atoms with van der Waals surface area (Å²) in [6.45, 7) is 9.25. The third kappa shape index (κ3) is 4.13. The van der Waals surface area contributed by atoms with Crippen molar-refractivity contribution in [1.29, 1.82) is 0 Å². The maximum absolute atomic E-state index is 13.6. The summed E-state index contributed by atoms with van der Waals surface area (Å²) in [4.78, 5) is 22.4. The molecule has 0 aliphatic carbocycles. The molecule has 0 atom stereocenters. The van der Waals surface area contributed by atoms with E-state index in [-0.39, 0.29) is 5.91 Å². The molecule has 3 rings (SSSR count). The van der Waals surface area contributed by atoms with Crippen LogP contribution in [0, 0.1) is 6.92 Å². The van der Waals surface area contributed by atoms with E-state index < -0.39 is 0 Å². The van der Waals surface area contributed by atoms with E-state index >= 15 is 0 Å². The highest BCUT2D eigenvalue weighted by atomic mass is 32.1. The molecule has 0 bridgehead atoms. The Bertz CT molecular complexity index is 965. The van der Waals surface area contributed by atoms with Gasteiger partial charge in [0.2, 0.25) is 0 Å². The van der Waals surface area contributed by atoms with Crippen LogP contribution in [0.4, 0.5) is 5.13 Å². The van der Waals surface area contributed by atoms with Gasteiger partial charge >= 0.3 is 0 Å². The van der Waals surface area contributed by atoms with Gasteiger partial charge in [-0.05, 0) is 37.7 Å². The molecule has 0 saturated carbocycles. The summed E-state index contributed by atoms with van der Waals surface area (Å²) in [6, 6.07) is 3.69. The second-order valence-electron chi connectivity index (χ2n) is 6.93. The fourth-order valence-electron chi connectivity index (χ4n) is 3.44. The maximum atomic E-state index is 13.6. The molecule has 0 saturated heterocycles. The molecule has 0 unspecified atom stereocenters. The number of rotatable bonds is 9. The minimum absolute atomic E-state index is 0.114. The molecule has 0 radical (unpaired) electrons. The average molecular weight is 432 g/mol. The Hall–Kier alpha value is -2.65. The van der Waals surface area contributed by atoms with E-state index in [2.05, 4.69) is 23.8 Å². The number of aryl methyl sites for hydroxylation is 2. The van der Waals surface area contributed by atoms with E-state index in [9.17, 15) is 4.79 Å². The van der Waals surface area contributed by atoms with Crippen LogP contribution < -0.4 is 14.4 Å². The minimum Gasteiger partial charge on any atom is -0.495 e. The summed E-state index contributed by atoms with van der Waals surface area (Å²) in [6.07, 6.45) is 1.71. The zero-order chi connectivity index (χ0) is 21.8. The first kappa shape index (κ1) is 22.0. The molecule has 0 aliphatic heterocycles. The number of thiazole rings is 1. The van der Waals surface area contributed by atoms with Crippen LogP contribution in [0.3, 0.4) is 0 Å². The fourth-order valence-corrected chi connectivity index (χ4v) is 4.54. The zero-order valence-corrected chi connectivity index (χ0v) is 19.2. The van der Waals surface area contributed by atoms with E-state index in [4.69, 9.17) is 14.5 Å². The van der Waals surface area contributed by atoms with E-state index in [0.717, 1.165) is 29.9 Å². The Balaban J connectivity index is 2.08. The number of methoxy groups -OCH3 is 2. The fraction of sp³-hybridized carbons (Fsp3) is 0.476. The van der Waals surface area contributed by atoms with Crippen LogP contribution in [0.5, 0.6) is 11.5 Å². The second-order valence-corrected chi connectivity index (χ2v) is 7.91. The number of hydrogen-bond donors (Lipinski definition) is 0. The molecular formula is C21H29N5O3S. The van der Waals surface area contributed by atoms with Gasteiger partial charge in [-0.2, -0.15) is 5.10 Å². The van der Waals surface area contributed by atoms with Crippen LogP contribution in [-0.4, -0.2) is 66.0 Å². The summed E-state index contributed by atoms with van der Waals surface area (Å²) in [5.41, 5.74) is 2.10. The average Bonchev–Trinajstić information content (AvgIpc) is 3.33. The first-order chi connectivity index (χ1) is 14.4. The predicted octanol–water partition coefficient (Wildman–Crippen LogP) is 3.34. The number of nitrogens with zero attached hydrogens (tertiary/aromatic N) is 5. The van der Waals surface area contributed by atoms with Gasteiger partial charge in [0.05, 0.1) is 20.4 Å². The number of aromatic nitrogens is 3. The number of hydrogen-bond acceptors (Lipinski definition) is 7. The van der Waals surface area contributed by atoms with Crippen molar-refractivity contribution < 1.29 is 14.3 Å². The smallest absolute Gasteiger partial charge is 0.278 e. The number of amides is 1. The van der Waals surface area contributed by atoms with E-state index in [1.165, 1.54) is 11.3 Å². The van der Waals surface area contributed by atoms with Crippen LogP contribution in [0.25, 0.3) is 10.2 Å². The van der Waals surface area contributed by atoms with E-state index in [1.54, 1.807) is 37.0 Å². The lowest BCUT2D eigenvalue weighted by molar-refractivity contribution is 0.0974. The molecule has 0 N–H and O–H groups in total. The SMILES string of the molecule is CCN(CC)CCN(C(=O)c1c(C)cnn1C)c1nc2c(OC)ccc(OC)c2s1. The second kappa shape index (κ2) is 9.44. The first-order valence-electron chi connectivity index (χ1n) is 9.99. The maximum Gasteiger partial charge on any atom is 0.278 e. The van der Waals surface area contributed by atoms with Gasteiger partial charge in [-0.3, -0.25) is 14.4 Å². The molecule has 162 valence electrons. The Morgan fingerprint density at radius 1 is 1.13 bits per heavy atom. The van der Waals surface area contributed by atoms with Crippen molar-refractivity contribution in [3.8, 4) is 11.5 Å². The van der Waals surface area contributed by atoms with Gasteiger partial charge in [0.1, 0.15) is 27.4 Å². The van der Waals surface area contributed by atoms with Crippen LogP contribution in [-0.2, 0) is 7.05 Å². The highest BCUT2D eigenvalue weighted by molar-refractivity contribution is 7.22. The molecule has 0 spiro atoms. The highest BCUT2D eigenvalue weighted by Gasteiger charge is 2.27. The summed E-state index contributed by atoms with van der Waals surface area (Å²) in [5, 5.41) is 4.86. The van der Waals surface area contributed by atoms with Crippen molar-refractivity contribution in [3.63, 3.8) is 0 Å². The third-order valence-electron chi connectivity index (χ3n) is 5.23. The summed E-state index contributed by atoms with van der Waals surface area (Å²) in [7, 11) is 5.03. The van der Waals surface area contributed by atoms with Crippen molar-refractivity contribution in [2.45, 2.75) is 20.8 Å². The number of carbonyl (C=O) groups excluding carboxylic acids is 1. The number of likely N-dealkylation sites (N-methyl/N-ethyl adjacent to an activating group) is 1. The Morgan fingerprint density at radius 2 is 1.80 bits per heavy atom. The molecule has 8 nitrogen and oxygen atoms in total. The standard InChI is InChI=1S/C21H29N5O3S/c1-7-25(8-2)11-12-26(20(27)18-14(3)13-22-24(18)4)21-23-17-15(28-5)9-10-16(29-6)19(17)30-21/h9-10,13H,7-8,11-12H2,1-6H3. The largest absolute Gasteiger partial charge is 0.495 e. The van der Waals surface area contributed by atoms with Crippen molar-refractivity contribution >= 4 is 32.6 Å². The molecule has 0 aliphatic rings. The lowest BCUT2D eigenvalue weighted by Gasteiger charge is -2.25. The summed E-state index contributed by atoms with van der Waals surface area (Å²) >= 11 is 1.43. The van der Waals surface area contributed by atoms with Crippen molar-refractivity contribution in [3.05, 3.63) is 29.6 Å². The molecule has 2 aromatic heterocycles. The highest BCUT2D eigenvalue weighted by Crippen LogP contribution is 2.40. The van der Waals surface area contributed by atoms with Gasteiger partial charge in [0.25, 0.3) is 5.91 Å². The Morgan fingerprint density at radius 3 is 2.37 bits per heavy atom. The lowest BCUT2D eigenvalue weighted by Crippen LogP contribution is -2.39. The Kier molecular flexibility index (Phi) is 6.94. The van der Waals surface area contributed by atoms with Gasteiger partial charge < -0.3 is 14.4 Å². The number of anilines is 1. The van der Waals surface area contributed by atoms with Crippen LogP contribution in [0.15, 0.2) is 18.3 Å². The van der Waals surface area contributed by atoms with E-state index in [0.29, 0.717) is 34.4 Å². The number of fused-ring (bicyclic) bond motifs is 1. The predicted molar refractivity (Wildman–Crippen MR) is 120 cm³/mol. The van der Waals surface area contributed by atoms with Gasteiger partial charge in [0, 0.05) is 20.1 Å². The van der Waals surface area contributed by atoms with Crippen molar-refractivity contribution in [2.24, 2.45) is 7.05 Å².